The molecule has 2 aromatic rings. The van der Waals surface area contributed by atoms with Crippen molar-refractivity contribution in [3.63, 3.8) is 0 Å². The minimum Gasteiger partial charge on any atom is -0.385 e. The summed E-state index contributed by atoms with van der Waals surface area (Å²) in [5.74, 6) is 0. The summed E-state index contributed by atoms with van der Waals surface area (Å²) in [4.78, 5) is 4.27. The third-order valence-electron chi connectivity index (χ3n) is 3.52. The Hall–Kier alpha value is -1.39. The van der Waals surface area contributed by atoms with Crippen LogP contribution in [0.25, 0.3) is 0 Å². The molecule has 0 radical (unpaired) electrons. The SMILES string of the molecule is OC(c1ccc(Br)cn1)C1CCc2ccccc2N1. The van der Waals surface area contributed by atoms with Crippen molar-refractivity contribution in [2.45, 2.75) is 25.0 Å². The highest BCUT2D eigenvalue weighted by Gasteiger charge is 2.25. The molecule has 1 aliphatic heterocycles. The van der Waals surface area contributed by atoms with Crippen LogP contribution in [0.1, 0.15) is 23.8 Å². The zero-order valence-electron chi connectivity index (χ0n) is 10.4. The molecule has 0 aliphatic carbocycles. The summed E-state index contributed by atoms with van der Waals surface area (Å²) in [6.07, 6.45) is 3.04. The van der Waals surface area contributed by atoms with Gasteiger partial charge in [-0.25, -0.2) is 0 Å². The Kier molecular flexibility index (Phi) is 3.53. The summed E-state index contributed by atoms with van der Waals surface area (Å²) in [6, 6.07) is 12.0. The van der Waals surface area contributed by atoms with Crippen molar-refractivity contribution in [3.8, 4) is 0 Å². The number of hydrogen-bond acceptors (Lipinski definition) is 3. The molecule has 3 rings (SSSR count). The number of anilines is 1. The Labute approximate surface area is 120 Å². The number of aliphatic hydroxyl groups is 1. The predicted octanol–water partition coefficient (Wildman–Crippen LogP) is 3.30. The average Bonchev–Trinajstić information content (AvgIpc) is 2.47. The van der Waals surface area contributed by atoms with Gasteiger partial charge < -0.3 is 10.4 Å². The van der Waals surface area contributed by atoms with Crippen LogP contribution in [0, 0.1) is 0 Å². The maximum absolute atomic E-state index is 10.4. The monoisotopic (exact) mass is 318 g/mol. The van der Waals surface area contributed by atoms with E-state index in [4.69, 9.17) is 0 Å². The molecule has 2 N–H and O–H groups in total. The van der Waals surface area contributed by atoms with Crippen molar-refractivity contribution in [2.75, 3.05) is 5.32 Å². The zero-order valence-corrected chi connectivity index (χ0v) is 12.0. The smallest absolute Gasteiger partial charge is 0.116 e. The van der Waals surface area contributed by atoms with Gasteiger partial charge in [0.15, 0.2) is 0 Å². The van der Waals surface area contributed by atoms with E-state index in [1.54, 1.807) is 6.20 Å². The first kappa shape index (κ1) is 12.6. The first-order valence-corrected chi connectivity index (χ1v) is 7.17. The van der Waals surface area contributed by atoms with Crippen molar-refractivity contribution in [3.05, 3.63) is 58.3 Å². The Morgan fingerprint density at radius 1 is 1.26 bits per heavy atom. The summed E-state index contributed by atoms with van der Waals surface area (Å²) >= 11 is 3.35. The van der Waals surface area contributed by atoms with Crippen molar-refractivity contribution >= 4 is 21.6 Å². The fraction of sp³-hybridized carbons (Fsp3) is 0.267. The van der Waals surface area contributed by atoms with Crippen molar-refractivity contribution < 1.29 is 5.11 Å². The molecule has 0 spiro atoms. The van der Waals surface area contributed by atoms with E-state index in [1.807, 2.05) is 24.3 Å². The Morgan fingerprint density at radius 2 is 2.11 bits per heavy atom. The number of halogens is 1. The molecule has 2 unspecified atom stereocenters. The van der Waals surface area contributed by atoms with Gasteiger partial charge >= 0.3 is 0 Å². The van der Waals surface area contributed by atoms with Crippen LogP contribution in [-0.4, -0.2) is 16.1 Å². The Morgan fingerprint density at radius 3 is 2.89 bits per heavy atom. The topological polar surface area (TPSA) is 45.2 Å². The molecule has 0 amide bonds. The number of hydrogen-bond donors (Lipinski definition) is 2. The summed E-state index contributed by atoms with van der Waals surface area (Å²) in [5, 5.41) is 13.8. The minimum absolute atomic E-state index is 0.0172. The van der Waals surface area contributed by atoms with E-state index in [1.165, 1.54) is 5.56 Å². The lowest BCUT2D eigenvalue weighted by Crippen LogP contribution is -2.32. The van der Waals surface area contributed by atoms with Gasteiger partial charge in [-0.15, -0.1) is 0 Å². The second-order valence-corrected chi connectivity index (χ2v) is 5.71. The molecule has 0 fully saturated rings. The lowest BCUT2D eigenvalue weighted by atomic mass is 9.93. The minimum atomic E-state index is -0.582. The number of aromatic nitrogens is 1. The molecule has 0 bridgehead atoms. The van der Waals surface area contributed by atoms with Crippen LogP contribution in [-0.2, 0) is 6.42 Å². The van der Waals surface area contributed by atoms with E-state index in [0.717, 1.165) is 23.0 Å². The van der Waals surface area contributed by atoms with E-state index in [2.05, 4.69) is 38.4 Å². The molecule has 1 aromatic heterocycles. The summed E-state index contributed by atoms with van der Waals surface area (Å²) in [7, 11) is 0. The number of nitrogens with one attached hydrogen (secondary N) is 1. The molecular weight excluding hydrogens is 304 g/mol. The molecule has 19 heavy (non-hydrogen) atoms. The normalized spacial score (nSPS) is 19.4. The van der Waals surface area contributed by atoms with Crippen LogP contribution in [0.15, 0.2) is 47.1 Å². The second-order valence-electron chi connectivity index (χ2n) is 4.79. The maximum atomic E-state index is 10.4. The first-order valence-electron chi connectivity index (χ1n) is 6.38. The van der Waals surface area contributed by atoms with Crippen LogP contribution in [0.4, 0.5) is 5.69 Å². The highest BCUT2D eigenvalue weighted by atomic mass is 79.9. The number of para-hydroxylation sites is 1. The lowest BCUT2D eigenvalue weighted by molar-refractivity contribution is 0.144. The highest BCUT2D eigenvalue weighted by Crippen LogP contribution is 2.30. The van der Waals surface area contributed by atoms with Gasteiger partial charge in [0.05, 0.1) is 11.7 Å². The summed E-state index contributed by atoms with van der Waals surface area (Å²) in [5.41, 5.74) is 3.14. The fourth-order valence-corrected chi connectivity index (χ4v) is 2.70. The van der Waals surface area contributed by atoms with Crippen molar-refractivity contribution in [1.82, 2.24) is 4.98 Å². The van der Waals surface area contributed by atoms with E-state index in [-0.39, 0.29) is 6.04 Å². The molecule has 98 valence electrons. The van der Waals surface area contributed by atoms with Gasteiger partial charge in [0.25, 0.3) is 0 Å². The number of fused-ring (bicyclic) bond motifs is 1. The van der Waals surface area contributed by atoms with Gasteiger partial charge in [0, 0.05) is 16.4 Å². The van der Waals surface area contributed by atoms with Crippen LogP contribution >= 0.6 is 15.9 Å². The van der Waals surface area contributed by atoms with Gasteiger partial charge in [-0.3, -0.25) is 4.98 Å². The van der Waals surface area contributed by atoms with Crippen LogP contribution in [0.3, 0.4) is 0 Å². The number of aryl methyl sites for hydroxylation is 1. The number of pyridine rings is 1. The second kappa shape index (κ2) is 5.31. The molecule has 2 heterocycles. The number of aliphatic hydroxyl groups excluding tert-OH is 1. The van der Waals surface area contributed by atoms with Crippen LogP contribution < -0.4 is 5.32 Å². The Balaban J connectivity index is 1.79. The Bertz CT molecular complexity index is 571. The molecule has 0 saturated carbocycles. The first-order chi connectivity index (χ1) is 9.24. The van der Waals surface area contributed by atoms with Gasteiger partial charge in [-0.2, -0.15) is 0 Å². The molecular formula is C15H15BrN2O. The van der Waals surface area contributed by atoms with Crippen molar-refractivity contribution in [2.24, 2.45) is 0 Å². The molecule has 2 atom stereocenters. The summed E-state index contributed by atoms with van der Waals surface area (Å²) < 4.78 is 0.922. The summed E-state index contributed by atoms with van der Waals surface area (Å²) in [6.45, 7) is 0. The van der Waals surface area contributed by atoms with Gasteiger partial charge in [-0.1, -0.05) is 18.2 Å². The standard InChI is InChI=1S/C15H15BrN2O/c16-11-6-8-13(17-9-11)15(19)14-7-5-10-3-1-2-4-12(10)18-14/h1-4,6,8-9,14-15,18-19H,5,7H2. The number of benzene rings is 1. The van der Waals surface area contributed by atoms with Crippen LogP contribution in [0.5, 0.6) is 0 Å². The zero-order chi connectivity index (χ0) is 13.2. The third kappa shape index (κ3) is 2.65. The van der Waals surface area contributed by atoms with E-state index in [0.29, 0.717) is 5.69 Å². The molecule has 4 heteroatoms. The van der Waals surface area contributed by atoms with E-state index >= 15 is 0 Å². The largest absolute Gasteiger partial charge is 0.385 e. The van der Waals surface area contributed by atoms with Crippen LogP contribution in [0.2, 0.25) is 0 Å². The maximum Gasteiger partial charge on any atom is 0.116 e. The van der Waals surface area contributed by atoms with E-state index in [9.17, 15) is 5.11 Å². The molecule has 0 saturated heterocycles. The predicted molar refractivity (Wildman–Crippen MR) is 79.1 cm³/mol. The van der Waals surface area contributed by atoms with Gasteiger partial charge in [-0.05, 0) is 52.5 Å². The highest BCUT2D eigenvalue weighted by molar-refractivity contribution is 9.10. The third-order valence-corrected chi connectivity index (χ3v) is 3.99. The molecule has 1 aromatic carbocycles. The average molecular weight is 319 g/mol. The lowest BCUT2D eigenvalue weighted by Gasteiger charge is -2.30. The quantitative estimate of drug-likeness (QED) is 0.893. The number of rotatable bonds is 2. The van der Waals surface area contributed by atoms with Gasteiger partial charge in [0.1, 0.15) is 6.10 Å². The molecule has 1 aliphatic rings. The van der Waals surface area contributed by atoms with E-state index < -0.39 is 6.10 Å². The van der Waals surface area contributed by atoms with Gasteiger partial charge in [0.2, 0.25) is 0 Å². The molecule has 3 nitrogen and oxygen atoms in total. The van der Waals surface area contributed by atoms with Crippen molar-refractivity contribution in [1.29, 1.82) is 0 Å². The fourth-order valence-electron chi connectivity index (χ4n) is 2.47. The number of nitrogens with zero attached hydrogens (tertiary/aromatic N) is 1.